The Bertz CT molecular complexity index is 1170. The lowest BCUT2D eigenvalue weighted by Crippen LogP contribution is -2.37. The van der Waals surface area contributed by atoms with E-state index in [1.165, 1.54) is 4.90 Å². The van der Waals surface area contributed by atoms with Crippen LogP contribution in [0.1, 0.15) is 12.0 Å². The smallest absolute Gasteiger partial charge is 0.267 e. The second-order valence-corrected chi connectivity index (χ2v) is 7.78. The first-order valence-corrected chi connectivity index (χ1v) is 9.63. The molecule has 1 atom stereocenters. The Balaban J connectivity index is 1.71. The summed E-state index contributed by atoms with van der Waals surface area (Å²) in [5.41, 5.74) is 6.36. The molecule has 1 aliphatic rings. The van der Waals surface area contributed by atoms with Gasteiger partial charge in [-0.1, -0.05) is 24.0 Å². The van der Waals surface area contributed by atoms with Crippen molar-refractivity contribution in [3.05, 3.63) is 45.8 Å². The molecule has 1 aliphatic heterocycles. The third-order valence-corrected chi connectivity index (χ3v) is 5.51. The van der Waals surface area contributed by atoms with Crippen LogP contribution in [0.4, 0.5) is 5.82 Å². The Labute approximate surface area is 175 Å². The number of hydrogen-bond acceptors (Lipinski definition) is 6. The van der Waals surface area contributed by atoms with Gasteiger partial charge in [-0.05, 0) is 34.7 Å². The molecule has 0 radical (unpaired) electrons. The van der Waals surface area contributed by atoms with Gasteiger partial charge < -0.3 is 15.7 Å². The molecule has 4 rings (SSSR count). The molecule has 1 amide bonds. The zero-order valence-corrected chi connectivity index (χ0v) is 17.1. The summed E-state index contributed by atoms with van der Waals surface area (Å²) in [6.07, 6.45) is 3.71. The molecule has 3 aromatic rings. The molecule has 1 saturated heterocycles. The molecule has 28 heavy (non-hydrogen) atoms. The zero-order valence-electron chi connectivity index (χ0n) is 15.0. The molecule has 0 bridgehead atoms. The lowest BCUT2D eigenvalue weighted by Gasteiger charge is -2.13. The minimum Gasteiger partial charge on any atom is -0.382 e. The van der Waals surface area contributed by atoms with Crippen LogP contribution in [0.25, 0.3) is 22.3 Å². The molecule has 3 N–H and O–H groups in total. The van der Waals surface area contributed by atoms with Gasteiger partial charge in [0.25, 0.3) is 5.91 Å². The lowest BCUT2D eigenvalue weighted by molar-refractivity contribution is -0.137. The van der Waals surface area contributed by atoms with Gasteiger partial charge in [-0.15, -0.1) is 0 Å². The Kier molecular flexibility index (Phi) is 4.64. The van der Waals surface area contributed by atoms with Crippen LogP contribution in [0.15, 0.2) is 36.7 Å². The maximum absolute atomic E-state index is 12.1. The average Bonchev–Trinajstić information content (AvgIpc) is 2.97. The average molecular weight is 485 g/mol. The fraction of sp³-hybridized carbons (Fsp3) is 0.200. The molecule has 0 aliphatic carbocycles. The van der Waals surface area contributed by atoms with Crippen LogP contribution in [0.3, 0.4) is 0 Å². The van der Waals surface area contributed by atoms with Crippen LogP contribution in [-0.4, -0.2) is 50.1 Å². The van der Waals surface area contributed by atoms with Crippen LogP contribution < -0.4 is 5.73 Å². The normalized spacial score (nSPS) is 19.0. The van der Waals surface area contributed by atoms with Crippen molar-refractivity contribution in [2.45, 2.75) is 12.0 Å². The number of nitrogens with zero attached hydrogens (tertiary/aromatic N) is 4. The van der Waals surface area contributed by atoms with Gasteiger partial charge in [0.1, 0.15) is 11.3 Å². The second kappa shape index (κ2) is 7.00. The van der Waals surface area contributed by atoms with Crippen molar-refractivity contribution in [3.63, 3.8) is 0 Å². The Morgan fingerprint density at radius 1 is 1.32 bits per heavy atom. The van der Waals surface area contributed by atoms with E-state index in [4.69, 9.17) is 5.73 Å². The summed E-state index contributed by atoms with van der Waals surface area (Å²) in [4.78, 5) is 26.7. The number of amides is 1. The predicted octanol–water partition coefficient (Wildman–Crippen LogP) is 1.82. The number of pyridine rings is 1. The molecular formula is C20H16IN5O2. The molecule has 8 heteroatoms. The highest BCUT2D eigenvalue weighted by Crippen LogP contribution is 2.25. The van der Waals surface area contributed by atoms with Crippen LogP contribution >= 0.6 is 22.6 Å². The summed E-state index contributed by atoms with van der Waals surface area (Å²) in [6, 6.07) is 7.32. The summed E-state index contributed by atoms with van der Waals surface area (Å²) >= 11 is 2.17. The molecule has 3 heterocycles. The first-order valence-electron chi connectivity index (χ1n) is 8.56. The van der Waals surface area contributed by atoms with Crippen molar-refractivity contribution in [2.75, 3.05) is 19.3 Å². The van der Waals surface area contributed by atoms with E-state index in [0.717, 1.165) is 14.5 Å². The van der Waals surface area contributed by atoms with Crippen molar-refractivity contribution >= 4 is 45.2 Å². The van der Waals surface area contributed by atoms with Crippen molar-refractivity contribution < 1.29 is 9.90 Å². The Hall–Kier alpha value is -2.77. The maximum atomic E-state index is 12.1. The number of hydrogen-bond donors (Lipinski definition) is 2. The molecule has 0 saturated carbocycles. The van der Waals surface area contributed by atoms with E-state index in [9.17, 15) is 9.90 Å². The molecule has 7 nitrogen and oxygen atoms in total. The van der Waals surface area contributed by atoms with E-state index in [1.807, 2.05) is 24.3 Å². The standard InChI is InChI=1S/C20H16IN5O2/c1-26-8-7-20(28,19(26)27)6-5-12-3-2-4-13(9-12)18-24-10-14-15(21)11-23-17(22)16(14)25-18/h2-4,9-11,28H,7-8H2,1H3,(H2,22,23). The SMILES string of the molecule is CN1CCC(O)(C#Cc2cccc(-c3ncc4c(I)cnc(N)c4n3)c2)C1=O. The monoisotopic (exact) mass is 485 g/mol. The number of fused-ring (bicyclic) bond motifs is 1. The molecule has 1 fully saturated rings. The largest absolute Gasteiger partial charge is 0.382 e. The molecule has 2 aromatic heterocycles. The van der Waals surface area contributed by atoms with Crippen molar-refractivity contribution in [2.24, 2.45) is 0 Å². The summed E-state index contributed by atoms with van der Waals surface area (Å²) in [5.74, 6) is 6.11. The number of nitrogens with two attached hydrogens (primary N) is 1. The zero-order chi connectivity index (χ0) is 19.9. The number of anilines is 1. The number of carbonyl (C=O) groups excluding carboxylic acids is 1. The minimum absolute atomic E-state index is 0.299. The van der Waals surface area contributed by atoms with Crippen LogP contribution in [-0.2, 0) is 4.79 Å². The van der Waals surface area contributed by atoms with E-state index < -0.39 is 5.60 Å². The number of carbonyl (C=O) groups is 1. The predicted molar refractivity (Wildman–Crippen MR) is 114 cm³/mol. The fourth-order valence-corrected chi connectivity index (χ4v) is 3.56. The number of likely N-dealkylation sites (N-methyl/N-ethyl adjacent to an activating group) is 1. The van der Waals surface area contributed by atoms with Gasteiger partial charge >= 0.3 is 0 Å². The van der Waals surface area contributed by atoms with Gasteiger partial charge in [0.15, 0.2) is 5.82 Å². The first-order chi connectivity index (χ1) is 13.4. The van der Waals surface area contributed by atoms with E-state index >= 15 is 0 Å². The first kappa shape index (κ1) is 18.6. The van der Waals surface area contributed by atoms with Crippen LogP contribution in [0.2, 0.25) is 0 Å². The van der Waals surface area contributed by atoms with Gasteiger partial charge in [0.05, 0.1) is 0 Å². The van der Waals surface area contributed by atoms with E-state index in [2.05, 4.69) is 49.4 Å². The van der Waals surface area contributed by atoms with Gasteiger partial charge in [0, 0.05) is 52.5 Å². The Morgan fingerprint density at radius 3 is 2.89 bits per heavy atom. The Morgan fingerprint density at radius 2 is 2.14 bits per heavy atom. The van der Waals surface area contributed by atoms with Crippen molar-refractivity contribution in [1.82, 2.24) is 19.9 Å². The highest BCUT2D eigenvalue weighted by atomic mass is 127. The van der Waals surface area contributed by atoms with Crippen molar-refractivity contribution in [3.8, 4) is 23.2 Å². The quantitative estimate of drug-likeness (QED) is 0.403. The lowest BCUT2D eigenvalue weighted by atomic mass is 10.0. The van der Waals surface area contributed by atoms with E-state index in [1.54, 1.807) is 19.4 Å². The number of nitrogen functional groups attached to an aromatic ring is 1. The topological polar surface area (TPSA) is 105 Å². The summed E-state index contributed by atoms with van der Waals surface area (Å²) in [5, 5.41) is 11.3. The number of halogens is 1. The van der Waals surface area contributed by atoms with E-state index in [-0.39, 0.29) is 5.91 Å². The molecular weight excluding hydrogens is 469 g/mol. The van der Waals surface area contributed by atoms with Crippen LogP contribution in [0.5, 0.6) is 0 Å². The number of rotatable bonds is 1. The molecule has 140 valence electrons. The number of likely N-dealkylation sites (tertiary alicyclic amines) is 1. The molecule has 0 spiro atoms. The highest BCUT2D eigenvalue weighted by Gasteiger charge is 2.42. The van der Waals surface area contributed by atoms with Gasteiger partial charge in [-0.3, -0.25) is 4.79 Å². The summed E-state index contributed by atoms with van der Waals surface area (Å²) in [6.45, 7) is 0.489. The third-order valence-electron chi connectivity index (χ3n) is 4.65. The van der Waals surface area contributed by atoms with E-state index in [0.29, 0.717) is 35.7 Å². The summed E-state index contributed by atoms with van der Waals surface area (Å²) < 4.78 is 0.924. The van der Waals surface area contributed by atoms with Gasteiger partial charge in [-0.25, -0.2) is 15.0 Å². The number of benzene rings is 1. The molecule has 1 aromatic carbocycles. The summed E-state index contributed by atoms with van der Waals surface area (Å²) in [7, 11) is 1.65. The number of aromatic nitrogens is 3. The molecule has 1 unspecified atom stereocenters. The fourth-order valence-electron chi connectivity index (χ4n) is 3.03. The highest BCUT2D eigenvalue weighted by molar-refractivity contribution is 14.1. The van der Waals surface area contributed by atoms with Gasteiger partial charge in [-0.2, -0.15) is 0 Å². The van der Waals surface area contributed by atoms with Crippen molar-refractivity contribution in [1.29, 1.82) is 0 Å². The third kappa shape index (κ3) is 3.27. The minimum atomic E-state index is -1.62. The maximum Gasteiger partial charge on any atom is 0.267 e. The second-order valence-electron chi connectivity index (χ2n) is 6.62. The van der Waals surface area contributed by atoms with Crippen LogP contribution in [0, 0.1) is 15.4 Å². The number of aliphatic hydroxyl groups is 1. The van der Waals surface area contributed by atoms with Gasteiger partial charge in [0.2, 0.25) is 5.60 Å².